The van der Waals surface area contributed by atoms with Gasteiger partial charge in [0.05, 0.1) is 12.3 Å². The SMILES string of the molecule is NC(=S)Nc1cc(F)ccc1OCCc1cccs1. The van der Waals surface area contributed by atoms with Crippen LogP contribution in [-0.4, -0.2) is 11.7 Å². The van der Waals surface area contributed by atoms with Crippen LogP contribution in [0.4, 0.5) is 10.1 Å². The van der Waals surface area contributed by atoms with E-state index >= 15 is 0 Å². The van der Waals surface area contributed by atoms with Crippen LogP contribution in [0.1, 0.15) is 4.88 Å². The third kappa shape index (κ3) is 4.18. The van der Waals surface area contributed by atoms with E-state index in [1.807, 2.05) is 17.5 Å². The first-order valence-corrected chi connectivity index (χ1v) is 6.95. The van der Waals surface area contributed by atoms with Gasteiger partial charge in [0, 0.05) is 17.4 Å². The van der Waals surface area contributed by atoms with Gasteiger partial charge in [-0.05, 0) is 35.8 Å². The first-order valence-electron chi connectivity index (χ1n) is 5.66. The molecule has 1 aromatic heterocycles. The van der Waals surface area contributed by atoms with E-state index < -0.39 is 0 Å². The number of ether oxygens (including phenoxy) is 1. The van der Waals surface area contributed by atoms with Crippen LogP contribution < -0.4 is 15.8 Å². The van der Waals surface area contributed by atoms with Crippen molar-refractivity contribution in [2.75, 3.05) is 11.9 Å². The molecule has 0 saturated carbocycles. The van der Waals surface area contributed by atoms with Gasteiger partial charge in [-0.25, -0.2) is 4.39 Å². The largest absolute Gasteiger partial charge is 0.491 e. The van der Waals surface area contributed by atoms with Crippen LogP contribution in [0.2, 0.25) is 0 Å². The Morgan fingerprint density at radius 3 is 2.95 bits per heavy atom. The monoisotopic (exact) mass is 296 g/mol. The standard InChI is InChI=1S/C13H13FN2OS2/c14-9-3-4-12(11(8-9)16-13(15)18)17-6-5-10-2-1-7-19-10/h1-4,7-8H,5-6H2,(H3,15,16,18). The van der Waals surface area contributed by atoms with Crippen LogP contribution in [0.5, 0.6) is 5.75 Å². The number of anilines is 1. The van der Waals surface area contributed by atoms with E-state index in [1.54, 1.807) is 17.4 Å². The smallest absolute Gasteiger partial charge is 0.168 e. The second kappa shape index (κ2) is 6.49. The Morgan fingerprint density at radius 2 is 2.26 bits per heavy atom. The average Bonchev–Trinajstić information content (AvgIpc) is 2.84. The molecule has 0 atom stereocenters. The molecule has 3 nitrogen and oxygen atoms in total. The van der Waals surface area contributed by atoms with E-state index in [-0.39, 0.29) is 10.9 Å². The van der Waals surface area contributed by atoms with Crippen molar-refractivity contribution in [3.05, 3.63) is 46.4 Å². The highest BCUT2D eigenvalue weighted by molar-refractivity contribution is 7.80. The minimum absolute atomic E-state index is 0.0775. The van der Waals surface area contributed by atoms with E-state index in [2.05, 4.69) is 5.32 Å². The van der Waals surface area contributed by atoms with Crippen LogP contribution >= 0.6 is 23.6 Å². The molecule has 0 radical (unpaired) electrons. The topological polar surface area (TPSA) is 47.3 Å². The summed E-state index contributed by atoms with van der Waals surface area (Å²) in [6.45, 7) is 0.512. The molecule has 100 valence electrons. The number of benzene rings is 1. The summed E-state index contributed by atoms with van der Waals surface area (Å²) in [7, 11) is 0. The van der Waals surface area contributed by atoms with Gasteiger partial charge in [-0.15, -0.1) is 11.3 Å². The number of thiocarbonyl (C=S) groups is 1. The van der Waals surface area contributed by atoms with Gasteiger partial charge >= 0.3 is 0 Å². The third-order valence-corrected chi connectivity index (χ3v) is 3.42. The zero-order chi connectivity index (χ0) is 13.7. The molecular formula is C13H13FN2OS2. The minimum Gasteiger partial charge on any atom is -0.491 e. The van der Waals surface area contributed by atoms with Crippen LogP contribution in [0.15, 0.2) is 35.7 Å². The third-order valence-electron chi connectivity index (χ3n) is 2.39. The van der Waals surface area contributed by atoms with Crippen molar-refractivity contribution < 1.29 is 9.13 Å². The van der Waals surface area contributed by atoms with E-state index in [9.17, 15) is 4.39 Å². The Bertz CT molecular complexity index is 558. The van der Waals surface area contributed by atoms with E-state index in [1.165, 1.54) is 17.0 Å². The fourth-order valence-corrected chi connectivity index (χ4v) is 2.38. The molecule has 0 amide bonds. The van der Waals surface area contributed by atoms with E-state index in [0.29, 0.717) is 18.0 Å². The molecule has 2 aromatic rings. The van der Waals surface area contributed by atoms with Crippen molar-refractivity contribution in [1.82, 2.24) is 0 Å². The number of nitrogens with one attached hydrogen (secondary N) is 1. The number of thiophene rings is 1. The van der Waals surface area contributed by atoms with Gasteiger partial charge in [-0.3, -0.25) is 0 Å². The Morgan fingerprint density at radius 1 is 1.42 bits per heavy atom. The summed E-state index contributed by atoms with van der Waals surface area (Å²) >= 11 is 6.43. The predicted molar refractivity (Wildman–Crippen MR) is 80.3 cm³/mol. The second-order valence-electron chi connectivity index (χ2n) is 3.81. The number of hydrogen-bond acceptors (Lipinski definition) is 3. The zero-order valence-corrected chi connectivity index (χ0v) is 11.7. The quantitative estimate of drug-likeness (QED) is 0.832. The summed E-state index contributed by atoms with van der Waals surface area (Å²) in [4.78, 5) is 1.24. The van der Waals surface area contributed by atoms with E-state index in [0.717, 1.165) is 6.42 Å². The highest BCUT2D eigenvalue weighted by Gasteiger charge is 2.06. The molecule has 0 aliphatic carbocycles. The van der Waals surface area contributed by atoms with Crippen molar-refractivity contribution in [2.45, 2.75) is 6.42 Å². The number of hydrogen-bond donors (Lipinski definition) is 2. The van der Waals surface area contributed by atoms with Crippen molar-refractivity contribution in [2.24, 2.45) is 5.73 Å². The summed E-state index contributed by atoms with van der Waals surface area (Å²) in [6.07, 6.45) is 0.807. The molecule has 19 heavy (non-hydrogen) atoms. The van der Waals surface area contributed by atoms with Gasteiger partial charge in [0.2, 0.25) is 0 Å². The molecule has 6 heteroatoms. The van der Waals surface area contributed by atoms with Crippen LogP contribution in [0, 0.1) is 5.82 Å². The number of halogens is 1. The molecular weight excluding hydrogens is 283 g/mol. The van der Waals surface area contributed by atoms with Gasteiger partial charge in [0.1, 0.15) is 11.6 Å². The van der Waals surface area contributed by atoms with Crippen LogP contribution in [-0.2, 0) is 6.42 Å². The summed E-state index contributed by atoms with van der Waals surface area (Å²) in [6, 6.07) is 8.25. The Hall–Kier alpha value is -1.66. The normalized spacial score (nSPS) is 10.2. The van der Waals surface area contributed by atoms with Crippen molar-refractivity contribution in [3.8, 4) is 5.75 Å². The molecule has 1 heterocycles. The summed E-state index contributed by atoms with van der Waals surface area (Å²) in [5.74, 6) is 0.162. The number of nitrogens with two attached hydrogens (primary N) is 1. The summed E-state index contributed by atoms with van der Waals surface area (Å²) in [5, 5.41) is 4.80. The van der Waals surface area contributed by atoms with Gasteiger partial charge in [0.25, 0.3) is 0 Å². The Kier molecular flexibility index (Phi) is 4.70. The summed E-state index contributed by atoms with van der Waals surface area (Å²) in [5.41, 5.74) is 5.84. The predicted octanol–water partition coefficient (Wildman–Crippen LogP) is 3.16. The molecule has 2 rings (SSSR count). The second-order valence-corrected chi connectivity index (χ2v) is 5.28. The minimum atomic E-state index is -0.371. The van der Waals surface area contributed by atoms with Gasteiger partial charge in [0.15, 0.2) is 5.11 Å². The summed E-state index contributed by atoms with van der Waals surface area (Å²) < 4.78 is 18.8. The van der Waals surface area contributed by atoms with E-state index in [4.69, 9.17) is 22.7 Å². The maximum Gasteiger partial charge on any atom is 0.168 e. The zero-order valence-electron chi connectivity index (χ0n) is 10.1. The lowest BCUT2D eigenvalue weighted by atomic mass is 10.3. The fourth-order valence-electron chi connectivity index (χ4n) is 1.57. The van der Waals surface area contributed by atoms with Crippen molar-refractivity contribution >= 4 is 34.4 Å². The molecule has 0 aliphatic heterocycles. The first kappa shape index (κ1) is 13.8. The molecule has 0 saturated heterocycles. The van der Waals surface area contributed by atoms with Gasteiger partial charge in [-0.1, -0.05) is 6.07 Å². The van der Waals surface area contributed by atoms with Crippen molar-refractivity contribution in [3.63, 3.8) is 0 Å². The molecule has 0 bridgehead atoms. The van der Waals surface area contributed by atoms with Gasteiger partial charge in [-0.2, -0.15) is 0 Å². The lowest BCUT2D eigenvalue weighted by Gasteiger charge is -2.12. The molecule has 0 unspecified atom stereocenters. The van der Waals surface area contributed by atoms with Crippen LogP contribution in [0.25, 0.3) is 0 Å². The molecule has 0 aliphatic rings. The Balaban J connectivity index is 2.00. The molecule has 0 fully saturated rings. The lowest BCUT2D eigenvalue weighted by Crippen LogP contribution is -2.19. The maximum absolute atomic E-state index is 13.2. The molecule has 0 spiro atoms. The first-order chi connectivity index (χ1) is 9.15. The number of rotatable bonds is 5. The Labute approximate surface area is 120 Å². The van der Waals surface area contributed by atoms with Crippen molar-refractivity contribution in [1.29, 1.82) is 0 Å². The van der Waals surface area contributed by atoms with Crippen LogP contribution in [0.3, 0.4) is 0 Å². The van der Waals surface area contributed by atoms with Gasteiger partial charge < -0.3 is 15.8 Å². The highest BCUT2D eigenvalue weighted by atomic mass is 32.1. The highest BCUT2D eigenvalue weighted by Crippen LogP contribution is 2.25. The maximum atomic E-state index is 13.2. The molecule has 1 aromatic carbocycles. The lowest BCUT2D eigenvalue weighted by molar-refractivity contribution is 0.324. The molecule has 3 N–H and O–H groups in total. The fraction of sp³-hybridized carbons (Fsp3) is 0.154. The average molecular weight is 296 g/mol.